The number of carbonyl (C=O) groups excluding carboxylic acids is 2. The van der Waals surface area contributed by atoms with E-state index in [0.29, 0.717) is 23.3 Å². The van der Waals surface area contributed by atoms with E-state index in [1.54, 1.807) is 6.92 Å². The van der Waals surface area contributed by atoms with Crippen LogP contribution in [0.15, 0.2) is 61.2 Å². The molecule has 0 spiro atoms. The molecule has 2 N–H and O–H groups in total. The lowest BCUT2D eigenvalue weighted by molar-refractivity contribution is -0.143. The number of aromatic nitrogens is 2. The molecule has 1 aromatic heterocycles. The van der Waals surface area contributed by atoms with E-state index >= 15 is 0 Å². The van der Waals surface area contributed by atoms with Gasteiger partial charge in [-0.1, -0.05) is 6.07 Å². The van der Waals surface area contributed by atoms with Crippen LogP contribution in [0, 0.1) is 6.92 Å². The minimum absolute atomic E-state index is 0.0438. The monoisotopic (exact) mass is 494 g/mol. The summed E-state index contributed by atoms with van der Waals surface area (Å²) in [6.45, 7) is 1.65. The van der Waals surface area contributed by atoms with Gasteiger partial charge >= 0.3 is 12.4 Å². The number of rotatable bonds is 5. The number of aryl methyl sites for hydroxylation is 1. The molecule has 0 radical (unpaired) electrons. The fourth-order valence-corrected chi connectivity index (χ4v) is 2.87. The van der Waals surface area contributed by atoms with Crippen molar-refractivity contribution in [3.8, 4) is 0 Å². The maximum atomic E-state index is 13.1. The smallest absolute Gasteiger partial charge is 0.322 e. The standard InChI is InChI=1S/C23H16F6N4O2/c1-13-2-4-18(9-19(13)33-20(34)5-3-14-10-30-12-31-11-14)32-21(35)15-6-16(22(24,25)26)8-17(7-15)23(27,28)29/h2-12H,1H3,(H,32,35)(H,33,34)/b5-3+. The molecule has 0 aliphatic heterocycles. The molecular weight excluding hydrogens is 478 g/mol. The van der Waals surface area contributed by atoms with Gasteiger partial charge in [-0.3, -0.25) is 9.59 Å². The van der Waals surface area contributed by atoms with Gasteiger partial charge in [0.25, 0.3) is 5.91 Å². The van der Waals surface area contributed by atoms with E-state index in [1.807, 2.05) is 0 Å². The summed E-state index contributed by atoms with van der Waals surface area (Å²) in [5.41, 5.74) is -2.57. The largest absolute Gasteiger partial charge is 0.416 e. The second-order valence-electron chi connectivity index (χ2n) is 7.27. The number of hydrogen-bond acceptors (Lipinski definition) is 4. The Morgan fingerprint density at radius 2 is 1.46 bits per heavy atom. The molecule has 35 heavy (non-hydrogen) atoms. The van der Waals surface area contributed by atoms with Crippen LogP contribution in [0.1, 0.15) is 32.6 Å². The van der Waals surface area contributed by atoms with Crippen LogP contribution in [-0.4, -0.2) is 21.8 Å². The third kappa shape index (κ3) is 6.88. The number of carbonyl (C=O) groups is 2. The number of nitrogens with one attached hydrogen (secondary N) is 2. The summed E-state index contributed by atoms with van der Waals surface area (Å²) in [5.74, 6) is -1.72. The zero-order valence-electron chi connectivity index (χ0n) is 17.8. The Morgan fingerprint density at radius 3 is 2.03 bits per heavy atom. The first-order chi connectivity index (χ1) is 16.3. The van der Waals surface area contributed by atoms with Gasteiger partial charge in [0.15, 0.2) is 0 Å². The number of amides is 2. The van der Waals surface area contributed by atoms with Gasteiger partial charge in [-0.2, -0.15) is 26.3 Å². The van der Waals surface area contributed by atoms with Crippen molar-refractivity contribution in [1.29, 1.82) is 0 Å². The topological polar surface area (TPSA) is 84.0 Å². The van der Waals surface area contributed by atoms with Crippen LogP contribution < -0.4 is 10.6 Å². The zero-order chi connectivity index (χ0) is 25.8. The molecule has 0 aliphatic rings. The van der Waals surface area contributed by atoms with Crippen LogP contribution >= 0.6 is 0 Å². The van der Waals surface area contributed by atoms with Crippen molar-refractivity contribution < 1.29 is 35.9 Å². The minimum Gasteiger partial charge on any atom is -0.322 e. The van der Waals surface area contributed by atoms with Gasteiger partial charge in [-0.25, -0.2) is 9.97 Å². The van der Waals surface area contributed by atoms with Crippen LogP contribution in [-0.2, 0) is 17.1 Å². The van der Waals surface area contributed by atoms with Crippen LogP contribution in [0.4, 0.5) is 37.7 Å². The van der Waals surface area contributed by atoms with Gasteiger partial charge in [-0.15, -0.1) is 0 Å². The normalized spacial score (nSPS) is 12.0. The fourth-order valence-electron chi connectivity index (χ4n) is 2.87. The summed E-state index contributed by atoms with van der Waals surface area (Å²) < 4.78 is 78.4. The highest BCUT2D eigenvalue weighted by Gasteiger charge is 2.37. The molecule has 0 aliphatic carbocycles. The lowest BCUT2D eigenvalue weighted by Gasteiger charge is -2.15. The predicted molar refractivity (Wildman–Crippen MR) is 115 cm³/mol. The summed E-state index contributed by atoms with van der Waals surface area (Å²) in [6.07, 6.45) is -3.21. The Bertz CT molecular complexity index is 1240. The Hall–Kier alpha value is -4.22. The number of hydrogen-bond donors (Lipinski definition) is 2. The Labute approximate surface area is 194 Å². The van der Waals surface area contributed by atoms with E-state index < -0.39 is 40.9 Å². The van der Waals surface area contributed by atoms with Crippen molar-refractivity contribution in [2.24, 2.45) is 0 Å². The second-order valence-corrected chi connectivity index (χ2v) is 7.27. The highest BCUT2D eigenvalue weighted by molar-refractivity contribution is 6.06. The summed E-state index contributed by atoms with van der Waals surface area (Å²) in [7, 11) is 0. The first kappa shape index (κ1) is 25.4. The molecule has 3 aromatic rings. The molecule has 0 saturated heterocycles. The molecule has 0 atom stereocenters. The third-order valence-corrected chi connectivity index (χ3v) is 4.61. The molecule has 182 valence electrons. The molecule has 0 bridgehead atoms. The quantitative estimate of drug-likeness (QED) is 0.351. The fraction of sp³-hybridized carbons (Fsp3) is 0.130. The van der Waals surface area contributed by atoms with Crippen molar-refractivity contribution in [1.82, 2.24) is 9.97 Å². The Morgan fingerprint density at radius 1 is 0.857 bits per heavy atom. The lowest BCUT2D eigenvalue weighted by atomic mass is 10.0. The maximum Gasteiger partial charge on any atom is 0.416 e. The van der Waals surface area contributed by atoms with E-state index in [2.05, 4.69) is 20.6 Å². The second kappa shape index (κ2) is 9.95. The molecule has 6 nitrogen and oxygen atoms in total. The highest BCUT2D eigenvalue weighted by atomic mass is 19.4. The van der Waals surface area contributed by atoms with Gasteiger partial charge in [-0.05, 0) is 48.9 Å². The molecule has 0 saturated carbocycles. The van der Waals surface area contributed by atoms with Gasteiger partial charge in [0, 0.05) is 41.0 Å². The van der Waals surface area contributed by atoms with E-state index in [4.69, 9.17) is 0 Å². The molecule has 12 heteroatoms. The summed E-state index contributed by atoms with van der Waals surface area (Å²) >= 11 is 0. The van der Waals surface area contributed by atoms with Crippen LogP contribution in [0.2, 0.25) is 0 Å². The SMILES string of the molecule is Cc1ccc(NC(=O)c2cc(C(F)(F)F)cc(C(F)(F)F)c2)cc1NC(=O)/C=C/c1cncnc1. The Kier molecular flexibility index (Phi) is 7.22. The van der Waals surface area contributed by atoms with Crippen LogP contribution in [0.3, 0.4) is 0 Å². The van der Waals surface area contributed by atoms with Crippen LogP contribution in [0.5, 0.6) is 0 Å². The number of nitrogens with zero attached hydrogens (tertiary/aromatic N) is 2. The molecule has 2 aromatic carbocycles. The van der Waals surface area contributed by atoms with Crippen molar-refractivity contribution >= 4 is 29.3 Å². The van der Waals surface area contributed by atoms with E-state index in [1.165, 1.54) is 49.1 Å². The first-order valence-electron chi connectivity index (χ1n) is 9.78. The van der Waals surface area contributed by atoms with Gasteiger partial charge in [0.05, 0.1) is 11.1 Å². The van der Waals surface area contributed by atoms with Crippen LogP contribution in [0.25, 0.3) is 6.08 Å². The first-order valence-corrected chi connectivity index (χ1v) is 9.78. The Balaban J connectivity index is 1.81. The number of benzene rings is 2. The average Bonchev–Trinajstić information content (AvgIpc) is 2.79. The van der Waals surface area contributed by atoms with Crippen molar-refractivity contribution in [2.45, 2.75) is 19.3 Å². The van der Waals surface area contributed by atoms with E-state index in [9.17, 15) is 35.9 Å². The molecule has 0 unspecified atom stereocenters. The molecule has 1 heterocycles. The molecule has 3 rings (SSSR count). The third-order valence-electron chi connectivity index (χ3n) is 4.61. The van der Waals surface area contributed by atoms with E-state index in [-0.39, 0.29) is 17.4 Å². The molecule has 0 fully saturated rings. The molecule has 2 amide bonds. The molecular formula is C23H16F6N4O2. The van der Waals surface area contributed by atoms with Gasteiger partial charge in [0.1, 0.15) is 6.33 Å². The van der Waals surface area contributed by atoms with Crippen molar-refractivity contribution in [3.05, 3.63) is 89.0 Å². The predicted octanol–water partition coefficient (Wildman–Crippen LogP) is 5.73. The average molecular weight is 494 g/mol. The zero-order valence-corrected chi connectivity index (χ0v) is 17.8. The maximum absolute atomic E-state index is 13.1. The van der Waals surface area contributed by atoms with Gasteiger partial charge < -0.3 is 10.6 Å². The van der Waals surface area contributed by atoms with Crippen molar-refractivity contribution in [3.63, 3.8) is 0 Å². The number of halogens is 6. The summed E-state index contributed by atoms with van der Waals surface area (Å²) in [6, 6.07) is 4.82. The number of alkyl halides is 6. The highest BCUT2D eigenvalue weighted by Crippen LogP contribution is 2.36. The van der Waals surface area contributed by atoms with E-state index in [0.717, 1.165) is 0 Å². The van der Waals surface area contributed by atoms with Gasteiger partial charge in [0.2, 0.25) is 5.91 Å². The number of anilines is 2. The van der Waals surface area contributed by atoms with Crippen molar-refractivity contribution in [2.75, 3.05) is 10.6 Å². The summed E-state index contributed by atoms with van der Waals surface area (Å²) in [5, 5.41) is 4.83. The minimum atomic E-state index is -5.09. The lowest BCUT2D eigenvalue weighted by Crippen LogP contribution is -2.17. The summed E-state index contributed by atoms with van der Waals surface area (Å²) in [4.78, 5) is 32.3.